The van der Waals surface area contributed by atoms with E-state index in [9.17, 15) is 9.59 Å². The van der Waals surface area contributed by atoms with Gasteiger partial charge in [-0.05, 0) is 43.0 Å². The second-order valence-corrected chi connectivity index (χ2v) is 6.55. The van der Waals surface area contributed by atoms with Gasteiger partial charge in [-0.2, -0.15) is 0 Å². The predicted molar refractivity (Wildman–Crippen MR) is 88.1 cm³/mol. The minimum Gasteiger partial charge on any atom is -0.481 e. The molecule has 0 aromatic heterocycles. The molecule has 22 heavy (non-hydrogen) atoms. The first-order chi connectivity index (χ1) is 10.5. The van der Waals surface area contributed by atoms with Gasteiger partial charge in [-0.15, -0.1) is 0 Å². The second-order valence-electron chi connectivity index (χ2n) is 5.59. The van der Waals surface area contributed by atoms with Crippen LogP contribution in [0.15, 0.2) is 46.0 Å². The van der Waals surface area contributed by atoms with E-state index in [4.69, 9.17) is 5.11 Å². The normalized spacial score (nSPS) is 19.1. The Kier molecular flexibility index (Phi) is 3.91. The lowest BCUT2D eigenvalue weighted by Gasteiger charge is -2.16. The molecule has 1 amide bonds. The minimum atomic E-state index is -0.852. The molecule has 1 atom stereocenters. The summed E-state index contributed by atoms with van der Waals surface area (Å²) in [6.07, 6.45) is 3.95. The second kappa shape index (κ2) is 5.72. The van der Waals surface area contributed by atoms with Gasteiger partial charge in [0.1, 0.15) is 0 Å². The molecule has 2 aliphatic rings. The van der Waals surface area contributed by atoms with E-state index in [0.717, 1.165) is 39.7 Å². The van der Waals surface area contributed by atoms with Crippen LogP contribution in [0.2, 0.25) is 0 Å². The maximum atomic E-state index is 12.6. The summed E-state index contributed by atoms with van der Waals surface area (Å²) in [5, 5.41) is 9.04. The van der Waals surface area contributed by atoms with E-state index >= 15 is 0 Å². The molecule has 1 aliphatic heterocycles. The zero-order valence-electron chi connectivity index (χ0n) is 12.2. The molecule has 0 spiro atoms. The average Bonchev–Trinajstić information content (AvgIpc) is 2.85. The van der Waals surface area contributed by atoms with Crippen molar-refractivity contribution in [1.82, 2.24) is 0 Å². The summed E-state index contributed by atoms with van der Waals surface area (Å²) in [5.41, 5.74) is 3.40. The number of rotatable bonds is 3. The van der Waals surface area contributed by atoms with Crippen LogP contribution >= 0.6 is 15.9 Å². The summed E-state index contributed by atoms with van der Waals surface area (Å²) in [5.74, 6) is -1.39. The first kappa shape index (κ1) is 15.0. The van der Waals surface area contributed by atoms with E-state index in [1.165, 1.54) is 0 Å². The van der Waals surface area contributed by atoms with E-state index < -0.39 is 11.9 Å². The maximum absolute atomic E-state index is 12.6. The highest BCUT2D eigenvalue weighted by Crippen LogP contribution is 2.37. The number of allylic oxidation sites excluding steroid dienone is 2. The third-order valence-corrected chi connectivity index (χ3v) is 5.00. The van der Waals surface area contributed by atoms with Crippen LogP contribution in [0.3, 0.4) is 0 Å². The number of nitrogens with zero attached hydrogens (tertiary/aromatic N) is 1. The number of carbonyl (C=O) groups is 2. The van der Waals surface area contributed by atoms with Crippen LogP contribution in [0.5, 0.6) is 0 Å². The molecule has 3 rings (SSSR count). The van der Waals surface area contributed by atoms with Crippen LogP contribution < -0.4 is 4.90 Å². The highest BCUT2D eigenvalue weighted by Gasteiger charge is 2.34. The molecular weight excluding hydrogens is 346 g/mol. The summed E-state index contributed by atoms with van der Waals surface area (Å²) in [6, 6.07) is 7.19. The van der Waals surface area contributed by atoms with Crippen LogP contribution in [0, 0.1) is 0 Å². The Morgan fingerprint density at radius 3 is 2.59 bits per heavy atom. The van der Waals surface area contributed by atoms with Gasteiger partial charge in [0.25, 0.3) is 5.91 Å². The Balaban J connectivity index is 1.88. The van der Waals surface area contributed by atoms with Gasteiger partial charge in [0.2, 0.25) is 0 Å². The van der Waals surface area contributed by atoms with Crippen LogP contribution in [-0.2, 0) is 9.59 Å². The van der Waals surface area contributed by atoms with Crippen molar-refractivity contribution < 1.29 is 14.7 Å². The van der Waals surface area contributed by atoms with E-state index in [2.05, 4.69) is 22.0 Å². The zero-order chi connectivity index (χ0) is 15.9. The summed E-state index contributed by atoms with van der Waals surface area (Å²) < 4.78 is 0.980. The van der Waals surface area contributed by atoms with Gasteiger partial charge < -0.3 is 10.0 Å². The lowest BCUT2D eigenvalue weighted by molar-refractivity contribution is -0.138. The van der Waals surface area contributed by atoms with E-state index in [1.807, 2.05) is 12.1 Å². The van der Waals surface area contributed by atoms with Crippen molar-refractivity contribution in [1.29, 1.82) is 0 Å². The molecule has 1 aromatic rings. The third-order valence-electron chi connectivity index (χ3n) is 4.21. The van der Waals surface area contributed by atoms with Crippen molar-refractivity contribution in [3.8, 4) is 0 Å². The van der Waals surface area contributed by atoms with Crippen LogP contribution in [0.25, 0.3) is 0 Å². The first-order valence-corrected chi connectivity index (χ1v) is 8.01. The number of amides is 1. The molecule has 1 aromatic carbocycles. The maximum Gasteiger partial charge on any atom is 0.310 e. The largest absolute Gasteiger partial charge is 0.481 e. The Morgan fingerprint density at radius 2 is 2.00 bits per heavy atom. The molecule has 1 fully saturated rings. The van der Waals surface area contributed by atoms with Gasteiger partial charge in [0.15, 0.2) is 0 Å². The first-order valence-electron chi connectivity index (χ1n) is 7.21. The molecule has 4 nitrogen and oxygen atoms in total. The summed E-state index contributed by atoms with van der Waals surface area (Å²) in [7, 11) is 0. The van der Waals surface area contributed by atoms with Gasteiger partial charge in [0.05, 0.1) is 18.0 Å². The van der Waals surface area contributed by atoms with Gasteiger partial charge in [0, 0.05) is 10.2 Å². The van der Waals surface area contributed by atoms with Crippen LogP contribution in [0.1, 0.15) is 31.2 Å². The van der Waals surface area contributed by atoms with Crippen molar-refractivity contribution in [3.05, 3.63) is 51.5 Å². The fourth-order valence-corrected chi connectivity index (χ4v) is 3.50. The van der Waals surface area contributed by atoms with Crippen LogP contribution in [0.4, 0.5) is 5.69 Å². The number of carbonyl (C=O) groups excluding carboxylic acids is 1. The number of carboxylic acids is 1. The van der Waals surface area contributed by atoms with Gasteiger partial charge >= 0.3 is 5.97 Å². The quantitative estimate of drug-likeness (QED) is 0.894. The Labute approximate surface area is 137 Å². The Morgan fingerprint density at radius 1 is 1.32 bits per heavy atom. The smallest absolute Gasteiger partial charge is 0.310 e. The summed E-state index contributed by atoms with van der Waals surface area (Å²) >= 11 is 3.51. The summed E-state index contributed by atoms with van der Waals surface area (Å²) in [6.45, 7) is 2.23. The highest BCUT2D eigenvalue weighted by atomic mass is 79.9. The van der Waals surface area contributed by atoms with E-state index in [-0.39, 0.29) is 5.91 Å². The molecule has 1 saturated heterocycles. The Hall–Kier alpha value is -1.88. The number of halogens is 1. The minimum absolute atomic E-state index is 0.0110. The number of carboxylic acid groups (broad SMARTS) is 1. The number of aliphatic carboxylic acids is 1. The molecular formula is C17H16BrNO3. The molecule has 1 aliphatic carbocycles. The molecule has 0 bridgehead atoms. The molecule has 1 unspecified atom stereocenters. The number of hydrogen-bond donors (Lipinski definition) is 1. The Bertz CT molecular complexity index is 703. The number of anilines is 1. The predicted octanol–water partition coefficient (Wildman–Crippen LogP) is 3.59. The average molecular weight is 362 g/mol. The fourth-order valence-electron chi connectivity index (χ4n) is 2.84. The van der Waals surface area contributed by atoms with Crippen molar-refractivity contribution in [3.63, 3.8) is 0 Å². The van der Waals surface area contributed by atoms with Crippen molar-refractivity contribution in [2.45, 2.75) is 25.7 Å². The van der Waals surface area contributed by atoms with Crippen molar-refractivity contribution >= 4 is 33.5 Å². The van der Waals surface area contributed by atoms with Crippen molar-refractivity contribution in [2.75, 3.05) is 11.4 Å². The molecule has 1 N–H and O–H groups in total. The monoisotopic (exact) mass is 361 g/mol. The van der Waals surface area contributed by atoms with Gasteiger partial charge in [-0.25, -0.2) is 0 Å². The SMILES string of the molecule is CC(C(=O)O)c1ccc(N2CC3=CCCC(Br)=C3C2=O)cc1. The number of fused-ring (bicyclic) bond motifs is 1. The van der Waals surface area contributed by atoms with Gasteiger partial charge in [-0.3, -0.25) is 9.59 Å². The highest BCUT2D eigenvalue weighted by molar-refractivity contribution is 9.11. The lowest BCUT2D eigenvalue weighted by atomic mass is 10.0. The van der Waals surface area contributed by atoms with E-state index in [1.54, 1.807) is 24.0 Å². The molecule has 0 radical (unpaired) electrons. The fraction of sp³-hybridized carbons (Fsp3) is 0.294. The molecule has 5 heteroatoms. The number of benzene rings is 1. The van der Waals surface area contributed by atoms with Gasteiger partial charge in [-0.1, -0.05) is 34.1 Å². The third kappa shape index (κ3) is 2.50. The van der Waals surface area contributed by atoms with E-state index in [0.29, 0.717) is 6.54 Å². The van der Waals surface area contributed by atoms with Crippen molar-refractivity contribution in [2.24, 2.45) is 0 Å². The molecule has 114 valence electrons. The standard InChI is InChI=1S/C17H16BrNO3/c1-10(17(21)22)11-5-7-13(8-6-11)19-9-12-3-2-4-14(18)15(12)16(19)20/h3,5-8,10H,2,4,9H2,1H3,(H,21,22). The molecule has 1 heterocycles. The zero-order valence-corrected chi connectivity index (χ0v) is 13.8. The summed E-state index contributed by atoms with van der Waals surface area (Å²) in [4.78, 5) is 25.3. The van der Waals surface area contributed by atoms with Crippen LogP contribution in [-0.4, -0.2) is 23.5 Å². The molecule has 0 saturated carbocycles. The topological polar surface area (TPSA) is 57.6 Å². The number of hydrogen-bond acceptors (Lipinski definition) is 2. The lowest BCUT2D eigenvalue weighted by Crippen LogP contribution is -2.24.